The van der Waals surface area contributed by atoms with Gasteiger partial charge in [0, 0.05) is 19.4 Å². The van der Waals surface area contributed by atoms with Crippen LogP contribution in [0.1, 0.15) is 25.5 Å². The van der Waals surface area contributed by atoms with Crippen LogP contribution in [0.5, 0.6) is 0 Å². The van der Waals surface area contributed by atoms with E-state index >= 15 is 0 Å². The van der Waals surface area contributed by atoms with Gasteiger partial charge < -0.3 is 10.8 Å². The number of aryl methyl sites for hydroxylation is 1. The van der Waals surface area contributed by atoms with Gasteiger partial charge in [0.1, 0.15) is 11.6 Å². The molecule has 1 rings (SSSR count). The molecule has 0 aliphatic heterocycles. The van der Waals surface area contributed by atoms with Crippen molar-refractivity contribution in [3.8, 4) is 0 Å². The van der Waals surface area contributed by atoms with Crippen molar-refractivity contribution in [3.63, 3.8) is 0 Å². The highest BCUT2D eigenvalue weighted by Crippen LogP contribution is 2.07. The lowest BCUT2D eigenvalue weighted by molar-refractivity contribution is 0.0676. The second-order valence-electron chi connectivity index (χ2n) is 3.43. The van der Waals surface area contributed by atoms with Gasteiger partial charge in [0.2, 0.25) is 0 Å². The Labute approximate surface area is 77.4 Å². The Hall–Kier alpha value is -0.940. The molecule has 4 N–H and O–H groups in total. The lowest BCUT2D eigenvalue weighted by Gasteiger charge is -2.18. The molecule has 5 nitrogen and oxygen atoms in total. The number of nitrogens with two attached hydrogens (primary N) is 1. The zero-order valence-electron chi connectivity index (χ0n) is 8.04. The fourth-order valence-electron chi connectivity index (χ4n) is 1.00. The Balaban J connectivity index is 2.63. The van der Waals surface area contributed by atoms with Crippen LogP contribution >= 0.6 is 0 Å². The number of hydrogen-bond donors (Lipinski definition) is 3. The van der Waals surface area contributed by atoms with E-state index in [0.717, 1.165) is 12.2 Å². The van der Waals surface area contributed by atoms with Crippen LogP contribution in [0.3, 0.4) is 0 Å². The summed E-state index contributed by atoms with van der Waals surface area (Å²) >= 11 is 0. The van der Waals surface area contributed by atoms with Gasteiger partial charge in [0.25, 0.3) is 0 Å². The molecule has 0 aliphatic rings. The molecular formula is C8H16N4O. The molecule has 5 heteroatoms. The van der Waals surface area contributed by atoms with Gasteiger partial charge in [-0.25, -0.2) is 4.98 Å². The number of aromatic amines is 1. The van der Waals surface area contributed by atoms with Gasteiger partial charge in [-0.1, -0.05) is 6.92 Å². The fourth-order valence-corrected chi connectivity index (χ4v) is 1.00. The normalized spacial score (nSPS) is 15.7. The number of nitrogens with zero attached hydrogens (tertiary/aromatic N) is 2. The molecule has 0 aromatic carbocycles. The molecule has 0 spiro atoms. The maximum absolute atomic E-state index is 9.65. The van der Waals surface area contributed by atoms with Crippen LogP contribution in [0.25, 0.3) is 0 Å². The highest BCUT2D eigenvalue weighted by Gasteiger charge is 2.20. The molecule has 1 aromatic heterocycles. The summed E-state index contributed by atoms with van der Waals surface area (Å²) in [6, 6.07) is 0. The van der Waals surface area contributed by atoms with E-state index in [1.807, 2.05) is 6.92 Å². The first-order valence-electron chi connectivity index (χ1n) is 4.40. The Morgan fingerprint density at radius 2 is 2.31 bits per heavy atom. The maximum atomic E-state index is 9.65. The molecule has 1 aromatic rings. The van der Waals surface area contributed by atoms with Gasteiger partial charge in [-0.05, 0) is 6.92 Å². The second kappa shape index (κ2) is 3.85. The summed E-state index contributed by atoms with van der Waals surface area (Å²) in [5.74, 6) is 1.45. The van der Waals surface area contributed by atoms with Gasteiger partial charge in [-0.15, -0.1) is 0 Å². The first-order valence-corrected chi connectivity index (χ1v) is 4.40. The Morgan fingerprint density at radius 3 is 2.77 bits per heavy atom. The molecule has 0 aliphatic carbocycles. The Morgan fingerprint density at radius 1 is 1.62 bits per heavy atom. The van der Waals surface area contributed by atoms with E-state index in [4.69, 9.17) is 5.73 Å². The van der Waals surface area contributed by atoms with Crippen LogP contribution in [0, 0.1) is 0 Å². The van der Waals surface area contributed by atoms with Crippen LogP contribution in [0.15, 0.2) is 0 Å². The number of aromatic nitrogens is 3. The van der Waals surface area contributed by atoms with Crippen LogP contribution in [0.4, 0.5) is 0 Å². The van der Waals surface area contributed by atoms with E-state index in [1.54, 1.807) is 6.92 Å². The lowest BCUT2D eigenvalue weighted by atomic mass is 10.0. The van der Waals surface area contributed by atoms with Crippen molar-refractivity contribution in [2.45, 2.75) is 32.3 Å². The van der Waals surface area contributed by atoms with E-state index in [9.17, 15) is 5.11 Å². The van der Waals surface area contributed by atoms with E-state index in [1.165, 1.54) is 0 Å². The monoisotopic (exact) mass is 184 g/mol. The zero-order chi connectivity index (χ0) is 9.90. The molecule has 0 bridgehead atoms. The molecule has 1 unspecified atom stereocenters. The summed E-state index contributed by atoms with van der Waals surface area (Å²) in [7, 11) is 0. The van der Waals surface area contributed by atoms with Crippen molar-refractivity contribution in [1.29, 1.82) is 0 Å². The number of aliphatic hydroxyl groups is 1. The summed E-state index contributed by atoms with van der Waals surface area (Å²) in [6.45, 7) is 3.88. The quantitative estimate of drug-likeness (QED) is 0.595. The molecule has 13 heavy (non-hydrogen) atoms. The minimum absolute atomic E-state index is 0.217. The van der Waals surface area contributed by atoms with Crippen molar-refractivity contribution >= 4 is 0 Å². The lowest BCUT2D eigenvalue weighted by Crippen LogP contribution is -2.36. The van der Waals surface area contributed by atoms with E-state index in [0.29, 0.717) is 12.2 Å². The van der Waals surface area contributed by atoms with Crippen LogP contribution in [-0.2, 0) is 12.8 Å². The number of hydrogen-bond acceptors (Lipinski definition) is 4. The number of H-pyrrole nitrogens is 1. The third-order valence-corrected chi connectivity index (χ3v) is 1.88. The van der Waals surface area contributed by atoms with Gasteiger partial charge in [-0.3, -0.25) is 5.10 Å². The molecule has 0 saturated carbocycles. The summed E-state index contributed by atoms with van der Waals surface area (Å²) in [4.78, 5) is 4.18. The molecule has 1 atom stereocenters. The third kappa shape index (κ3) is 2.78. The molecule has 0 amide bonds. The Bertz CT molecular complexity index is 269. The predicted octanol–water partition coefficient (Wildman–Crippen LogP) is -0.381. The summed E-state index contributed by atoms with van der Waals surface area (Å²) in [5, 5.41) is 16.4. The minimum Gasteiger partial charge on any atom is -0.388 e. The average molecular weight is 184 g/mol. The smallest absolute Gasteiger partial charge is 0.150 e. The fraction of sp³-hybridized carbons (Fsp3) is 0.750. The van der Waals surface area contributed by atoms with Crippen molar-refractivity contribution in [3.05, 3.63) is 11.6 Å². The van der Waals surface area contributed by atoms with Crippen molar-refractivity contribution in [2.24, 2.45) is 5.73 Å². The third-order valence-electron chi connectivity index (χ3n) is 1.88. The maximum Gasteiger partial charge on any atom is 0.150 e. The van der Waals surface area contributed by atoms with Gasteiger partial charge in [0.15, 0.2) is 0 Å². The first-order chi connectivity index (χ1) is 6.07. The van der Waals surface area contributed by atoms with Gasteiger partial charge >= 0.3 is 0 Å². The molecule has 0 saturated heterocycles. The topological polar surface area (TPSA) is 87.8 Å². The van der Waals surface area contributed by atoms with Gasteiger partial charge in [0.05, 0.1) is 5.60 Å². The summed E-state index contributed by atoms with van der Waals surface area (Å²) in [6.07, 6.45) is 1.21. The standard InChI is InChI=1S/C8H16N4O/c1-3-6-10-7(12-11-6)4-8(2,13)5-9/h13H,3-5,9H2,1-2H3,(H,10,11,12). The first kappa shape index (κ1) is 10.1. The van der Waals surface area contributed by atoms with Crippen LogP contribution in [0.2, 0.25) is 0 Å². The van der Waals surface area contributed by atoms with E-state index in [-0.39, 0.29) is 6.54 Å². The molecule has 1 heterocycles. The number of rotatable bonds is 4. The van der Waals surface area contributed by atoms with Crippen molar-refractivity contribution in [2.75, 3.05) is 6.54 Å². The van der Waals surface area contributed by atoms with Crippen molar-refractivity contribution < 1.29 is 5.11 Å². The summed E-state index contributed by atoms with van der Waals surface area (Å²) in [5.41, 5.74) is 4.48. The van der Waals surface area contributed by atoms with E-state index in [2.05, 4.69) is 15.2 Å². The molecule has 0 radical (unpaired) electrons. The van der Waals surface area contributed by atoms with Crippen LogP contribution in [-0.4, -0.2) is 32.4 Å². The molecular weight excluding hydrogens is 168 g/mol. The largest absolute Gasteiger partial charge is 0.388 e. The predicted molar refractivity (Wildman–Crippen MR) is 49.1 cm³/mol. The summed E-state index contributed by atoms with van der Waals surface area (Å²) < 4.78 is 0. The molecule has 0 fully saturated rings. The van der Waals surface area contributed by atoms with Crippen LogP contribution < -0.4 is 5.73 Å². The average Bonchev–Trinajstić information content (AvgIpc) is 2.52. The minimum atomic E-state index is -0.898. The number of nitrogens with one attached hydrogen (secondary N) is 1. The highest BCUT2D eigenvalue weighted by atomic mass is 16.3. The Kier molecular flexibility index (Phi) is 3.00. The molecule has 74 valence electrons. The zero-order valence-corrected chi connectivity index (χ0v) is 8.04. The highest BCUT2D eigenvalue weighted by molar-refractivity contribution is 4.95. The van der Waals surface area contributed by atoms with E-state index < -0.39 is 5.60 Å². The van der Waals surface area contributed by atoms with Gasteiger partial charge in [-0.2, -0.15) is 5.10 Å². The SMILES string of the molecule is CCc1n[nH]c(CC(C)(O)CN)n1. The second-order valence-corrected chi connectivity index (χ2v) is 3.43. The van der Waals surface area contributed by atoms with Crippen molar-refractivity contribution in [1.82, 2.24) is 15.2 Å².